The van der Waals surface area contributed by atoms with Crippen LogP contribution in [0.5, 0.6) is 0 Å². The van der Waals surface area contributed by atoms with Gasteiger partial charge in [-0.2, -0.15) is 0 Å². The molecule has 8 nitrogen and oxygen atoms in total. The fourth-order valence-corrected chi connectivity index (χ4v) is 1.55. The quantitative estimate of drug-likeness (QED) is 0.255. The summed E-state index contributed by atoms with van der Waals surface area (Å²) in [5.74, 6) is 0. The van der Waals surface area contributed by atoms with E-state index in [4.69, 9.17) is 20.1 Å². The zero-order valence-corrected chi connectivity index (χ0v) is 9.09. The highest BCUT2D eigenvalue weighted by molar-refractivity contribution is 4.93. The molecule has 17 heavy (non-hydrogen) atoms. The van der Waals surface area contributed by atoms with E-state index in [2.05, 4.69) is 16.6 Å². The third-order valence-corrected chi connectivity index (χ3v) is 2.41. The SMILES string of the molecule is C=CCO[C@H]1O[C@H](CO)[C@@H](O)[C@H](O)[C@H]1N=[N+]=[N-]. The van der Waals surface area contributed by atoms with Crippen molar-refractivity contribution >= 4 is 0 Å². The van der Waals surface area contributed by atoms with Gasteiger partial charge in [-0.05, 0) is 5.53 Å². The summed E-state index contributed by atoms with van der Waals surface area (Å²) in [7, 11) is 0. The average Bonchev–Trinajstić information content (AvgIpc) is 2.34. The molecule has 1 fully saturated rings. The van der Waals surface area contributed by atoms with Crippen molar-refractivity contribution in [3.63, 3.8) is 0 Å². The molecule has 0 radical (unpaired) electrons. The average molecular weight is 245 g/mol. The molecule has 3 N–H and O–H groups in total. The molecule has 5 atom stereocenters. The summed E-state index contributed by atoms with van der Waals surface area (Å²) in [5.41, 5.74) is 8.37. The maximum absolute atomic E-state index is 9.73. The molecule has 1 aliphatic heterocycles. The van der Waals surface area contributed by atoms with E-state index in [1.54, 1.807) is 0 Å². The molecule has 96 valence electrons. The van der Waals surface area contributed by atoms with Gasteiger partial charge < -0.3 is 24.8 Å². The van der Waals surface area contributed by atoms with E-state index < -0.39 is 37.3 Å². The minimum Gasteiger partial charge on any atom is -0.394 e. The van der Waals surface area contributed by atoms with Crippen LogP contribution >= 0.6 is 0 Å². The van der Waals surface area contributed by atoms with Gasteiger partial charge >= 0.3 is 0 Å². The van der Waals surface area contributed by atoms with E-state index in [1.807, 2.05) is 0 Å². The molecule has 0 spiro atoms. The monoisotopic (exact) mass is 245 g/mol. The topological polar surface area (TPSA) is 128 Å². The fraction of sp³-hybridized carbons (Fsp3) is 0.778. The molecule has 0 unspecified atom stereocenters. The number of aliphatic hydroxyl groups excluding tert-OH is 3. The smallest absolute Gasteiger partial charge is 0.169 e. The Bertz CT molecular complexity index is 307. The van der Waals surface area contributed by atoms with Crippen LogP contribution < -0.4 is 0 Å². The molecule has 1 saturated heterocycles. The summed E-state index contributed by atoms with van der Waals surface area (Å²) in [6.07, 6.45) is -3.24. The number of hydrogen-bond donors (Lipinski definition) is 3. The van der Waals surface area contributed by atoms with Crippen LogP contribution in [0.15, 0.2) is 17.8 Å². The van der Waals surface area contributed by atoms with Gasteiger partial charge in [-0.25, -0.2) is 0 Å². The summed E-state index contributed by atoms with van der Waals surface area (Å²) in [6.45, 7) is 3.10. The normalized spacial score (nSPS) is 37.2. The van der Waals surface area contributed by atoms with Gasteiger partial charge in [0.1, 0.15) is 18.2 Å². The highest BCUT2D eigenvalue weighted by atomic mass is 16.7. The van der Waals surface area contributed by atoms with Crippen molar-refractivity contribution in [3.05, 3.63) is 23.1 Å². The lowest BCUT2D eigenvalue weighted by atomic mass is 9.98. The molecule has 0 saturated carbocycles. The van der Waals surface area contributed by atoms with Crippen molar-refractivity contribution in [2.75, 3.05) is 13.2 Å². The van der Waals surface area contributed by atoms with E-state index in [0.29, 0.717) is 0 Å². The zero-order chi connectivity index (χ0) is 12.8. The first-order valence-electron chi connectivity index (χ1n) is 5.04. The van der Waals surface area contributed by atoms with Crippen LogP contribution in [0.4, 0.5) is 0 Å². The fourth-order valence-electron chi connectivity index (χ4n) is 1.55. The van der Waals surface area contributed by atoms with Gasteiger partial charge in [0.15, 0.2) is 6.29 Å². The van der Waals surface area contributed by atoms with Crippen LogP contribution in [0, 0.1) is 0 Å². The lowest BCUT2D eigenvalue weighted by molar-refractivity contribution is -0.262. The first kappa shape index (κ1) is 13.9. The maximum atomic E-state index is 9.73. The molecule has 1 heterocycles. The predicted octanol–water partition coefficient (Wildman–Crippen LogP) is -0.693. The molecule has 1 aliphatic rings. The number of hydrogen-bond acceptors (Lipinski definition) is 6. The molecule has 0 aromatic heterocycles. The Kier molecular flexibility index (Phi) is 5.36. The molecular formula is C9H15N3O5. The Balaban J connectivity index is 2.82. The number of azide groups is 1. The second-order valence-electron chi connectivity index (χ2n) is 3.52. The van der Waals surface area contributed by atoms with E-state index in [9.17, 15) is 10.2 Å². The summed E-state index contributed by atoms with van der Waals surface area (Å²) in [5, 5.41) is 31.6. The van der Waals surface area contributed by atoms with Crippen molar-refractivity contribution in [2.45, 2.75) is 30.6 Å². The van der Waals surface area contributed by atoms with Crippen LogP contribution in [0.25, 0.3) is 10.4 Å². The highest BCUT2D eigenvalue weighted by Crippen LogP contribution is 2.24. The largest absolute Gasteiger partial charge is 0.394 e. The highest BCUT2D eigenvalue weighted by Gasteiger charge is 2.44. The van der Waals surface area contributed by atoms with Crippen LogP contribution in [0.2, 0.25) is 0 Å². The predicted molar refractivity (Wildman–Crippen MR) is 56.8 cm³/mol. The lowest BCUT2D eigenvalue weighted by Gasteiger charge is -2.39. The molecule has 1 rings (SSSR count). The van der Waals surface area contributed by atoms with E-state index >= 15 is 0 Å². The Morgan fingerprint density at radius 1 is 1.47 bits per heavy atom. The summed E-state index contributed by atoms with van der Waals surface area (Å²) in [6, 6.07) is -1.07. The van der Waals surface area contributed by atoms with E-state index in [-0.39, 0.29) is 6.61 Å². The van der Waals surface area contributed by atoms with Gasteiger partial charge in [0.25, 0.3) is 0 Å². The third-order valence-electron chi connectivity index (χ3n) is 2.41. The molecule has 0 amide bonds. The van der Waals surface area contributed by atoms with Crippen LogP contribution in [-0.2, 0) is 9.47 Å². The van der Waals surface area contributed by atoms with Crippen molar-refractivity contribution in [2.24, 2.45) is 5.11 Å². The lowest BCUT2D eigenvalue weighted by Crippen LogP contribution is -2.58. The van der Waals surface area contributed by atoms with Crippen molar-refractivity contribution in [1.29, 1.82) is 0 Å². The van der Waals surface area contributed by atoms with E-state index in [1.165, 1.54) is 6.08 Å². The van der Waals surface area contributed by atoms with Gasteiger partial charge in [-0.3, -0.25) is 0 Å². The number of aliphatic hydroxyl groups is 3. The maximum Gasteiger partial charge on any atom is 0.169 e. The molecule has 0 aromatic carbocycles. The van der Waals surface area contributed by atoms with Crippen molar-refractivity contribution in [3.8, 4) is 0 Å². The van der Waals surface area contributed by atoms with Crippen LogP contribution in [0.3, 0.4) is 0 Å². The minimum atomic E-state index is -1.35. The summed E-state index contributed by atoms with van der Waals surface area (Å²) >= 11 is 0. The van der Waals surface area contributed by atoms with Gasteiger partial charge in [-0.15, -0.1) is 6.58 Å². The van der Waals surface area contributed by atoms with Crippen molar-refractivity contribution in [1.82, 2.24) is 0 Å². The number of nitrogens with zero attached hydrogens (tertiary/aromatic N) is 3. The molecule has 0 bridgehead atoms. The Labute approximate surface area is 97.7 Å². The Morgan fingerprint density at radius 3 is 2.71 bits per heavy atom. The standard InChI is InChI=1S/C9H15N3O5/c1-2-3-16-9-6(11-12-10)8(15)7(14)5(4-13)17-9/h2,5-9,13-15H,1,3-4H2/t5-,6-,7-,8-,9+/m1/s1. The van der Waals surface area contributed by atoms with Gasteiger partial charge in [0.05, 0.1) is 19.3 Å². The molecule has 0 aliphatic carbocycles. The van der Waals surface area contributed by atoms with Gasteiger partial charge in [-0.1, -0.05) is 11.2 Å². The zero-order valence-electron chi connectivity index (χ0n) is 9.09. The van der Waals surface area contributed by atoms with Gasteiger partial charge in [0, 0.05) is 4.91 Å². The summed E-state index contributed by atoms with van der Waals surface area (Å²) < 4.78 is 10.4. The third kappa shape index (κ3) is 3.16. The van der Waals surface area contributed by atoms with E-state index in [0.717, 1.165) is 0 Å². The minimum absolute atomic E-state index is 0.128. The molecule has 0 aromatic rings. The first-order valence-corrected chi connectivity index (χ1v) is 5.04. The van der Waals surface area contributed by atoms with Gasteiger partial charge in [0.2, 0.25) is 0 Å². The Hall–Kier alpha value is -1.15. The Morgan fingerprint density at radius 2 is 2.18 bits per heavy atom. The summed E-state index contributed by atoms with van der Waals surface area (Å²) in [4.78, 5) is 2.56. The number of rotatable bonds is 5. The molecule has 8 heteroatoms. The second-order valence-corrected chi connectivity index (χ2v) is 3.52. The molecular weight excluding hydrogens is 230 g/mol. The van der Waals surface area contributed by atoms with Crippen LogP contribution in [-0.4, -0.2) is 59.2 Å². The second kappa shape index (κ2) is 6.55. The number of ether oxygens (including phenoxy) is 2. The van der Waals surface area contributed by atoms with Crippen LogP contribution in [0.1, 0.15) is 0 Å². The van der Waals surface area contributed by atoms with Crippen molar-refractivity contribution < 1.29 is 24.8 Å². The first-order chi connectivity index (χ1) is 8.15.